The molecule has 1 aromatic carbocycles. The molecule has 0 fully saturated rings. The van der Waals surface area contributed by atoms with Crippen LogP contribution < -0.4 is 0 Å². The van der Waals surface area contributed by atoms with E-state index >= 15 is 0 Å². The van der Waals surface area contributed by atoms with Gasteiger partial charge in [-0.15, -0.1) is 0 Å². The normalized spacial score (nSPS) is 9.43. The number of aromatic nitrogens is 2. The van der Waals surface area contributed by atoms with E-state index in [1.165, 1.54) is 0 Å². The standard InChI is InChI=1S/C12H10N2/c1-2-4-6-8-12-11(7-5-3-1)13-9-10-14-12/h1-10H. The van der Waals surface area contributed by atoms with Gasteiger partial charge in [-0.3, -0.25) is 9.97 Å². The summed E-state index contributed by atoms with van der Waals surface area (Å²) in [5.74, 6) is 0. The van der Waals surface area contributed by atoms with Gasteiger partial charge in [0.25, 0.3) is 0 Å². The molecular weight excluding hydrogens is 172 g/mol. The maximum atomic E-state index is 4.23. The van der Waals surface area contributed by atoms with Crippen molar-refractivity contribution in [2.24, 2.45) is 0 Å². The Morgan fingerprint density at radius 1 is 0.571 bits per heavy atom. The summed E-state index contributed by atoms with van der Waals surface area (Å²) in [5.41, 5.74) is 1.78. The van der Waals surface area contributed by atoms with Gasteiger partial charge in [-0.2, -0.15) is 0 Å². The van der Waals surface area contributed by atoms with E-state index in [2.05, 4.69) is 9.97 Å². The first kappa shape index (κ1) is 8.63. The molecule has 68 valence electrons. The second-order valence-electron chi connectivity index (χ2n) is 2.81. The van der Waals surface area contributed by atoms with Crippen LogP contribution >= 0.6 is 0 Å². The molecule has 0 aliphatic heterocycles. The van der Waals surface area contributed by atoms with Crippen molar-refractivity contribution in [2.75, 3.05) is 0 Å². The first-order valence-electron chi connectivity index (χ1n) is 4.46. The Balaban J connectivity index is 2.76. The second-order valence-corrected chi connectivity index (χ2v) is 2.81. The van der Waals surface area contributed by atoms with Crippen LogP contribution in [0.3, 0.4) is 0 Å². The van der Waals surface area contributed by atoms with Crippen LogP contribution in [-0.2, 0) is 0 Å². The molecule has 0 atom stereocenters. The van der Waals surface area contributed by atoms with Crippen molar-refractivity contribution in [1.82, 2.24) is 9.97 Å². The molecule has 2 aromatic rings. The van der Waals surface area contributed by atoms with Gasteiger partial charge in [0.05, 0.1) is 11.0 Å². The van der Waals surface area contributed by atoms with E-state index in [1.807, 2.05) is 48.5 Å². The molecule has 14 heavy (non-hydrogen) atoms. The van der Waals surface area contributed by atoms with Crippen LogP contribution in [0.15, 0.2) is 60.9 Å². The van der Waals surface area contributed by atoms with Gasteiger partial charge >= 0.3 is 0 Å². The fraction of sp³-hybridized carbons (Fsp3) is 0. The second kappa shape index (κ2) is 4.33. The van der Waals surface area contributed by atoms with E-state index in [-0.39, 0.29) is 0 Å². The molecule has 0 unspecified atom stereocenters. The number of rotatable bonds is 0. The third-order valence-corrected chi connectivity index (χ3v) is 1.82. The van der Waals surface area contributed by atoms with E-state index in [0.29, 0.717) is 0 Å². The maximum Gasteiger partial charge on any atom is 0.0886 e. The predicted molar refractivity (Wildman–Crippen MR) is 57.2 cm³/mol. The minimum absolute atomic E-state index is 0.892. The van der Waals surface area contributed by atoms with Crippen molar-refractivity contribution < 1.29 is 0 Å². The summed E-state index contributed by atoms with van der Waals surface area (Å²) < 4.78 is 0. The summed E-state index contributed by atoms with van der Waals surface area (Å²) in [6, 6.07) is 15.7. The fourth-order valence-electron chi connectivity index (χ4n) is 1.17. The Bertz CT molecular complexity index is 433. The van der Waals surface area contributed by atoms with Gasteiger partial charge in [-0.1, -0.05) is 36.4 Å². The third-order valence-electron chi connectivity index (χ3n) is 1.82. The Morgan fingerprint density at radius 2 is 1.00 bits per heavy atom. The van der Waals surface area contributed by atoms with Crippen LogP contribution in [0.2, 0.25) is 0 Å². The van der Waals surface area contributed by atoms with Crippen LogP contribution in [0.1, 0.15) is 0 Å². The molecule has 0 radical (unpaired) electrons. The molecule has 0 N–H and O–H groups in total. The molecule has 1 aromatic heterocycles. The van der Waals surface area contributed by atoms with Crippen molar-refractivity contribution in [1.29, 1.82) is 0 Å². The van der Waals surface area contributed by atoms with Crippen molar-refractivity contribution in [2.45, 2.75) is 0 Å². The van der Waals surface area contributed by atoms with Gasteiger partial charge in [0.15, 0.2) is 0 Å². The molecule has 0 bridgehead atoms. The van der Waals surface area contributed by atoms with Crippen molar-refractivity contribution >= 4 is 11.0 Å². The van der Waals surface area contributed by atoms with Gasteiger partial charge in [0.2, 0.25) is 0 Å². The zero-order valence-electron chi connectivity index (χ0n) is 7.67. The van der Waals surface area contributed by atoms with E-state index in [0.717, 1.165) is 11.0 Å². The Labute approximate surface area is 82.6 Å². The van der Waals surface area contributed by atoms with Gasteiger partial charge in [0.1, 0.15) is 0 Å². The largest absolute Gasteiger partial charge is 0.253 e. The van der Waals surface area contributed by atoms with Crippen LogP contribution in [0.4, 0.5) is 0 Å². The number of nitrogens with zero attached hydrogens (tertiary/aromatic N) is 2. The average molecular weight is 182 g/mol. The quantitative estimate of drug-likeness (QED) is 0.626. The third kappa shape index (κ3) is 2.04. The van der Waals surface area contributed by atoms with Crippen molar-refractivity contribution in [3.05, 3.63) is 60.9 Å². The van der Waals surface area contributed by atoms with Crippen molar-refractivity contribution in [3.63, 3.8) is 0 Å². The van der Waals surface area contributed by atoms with E-state index < -0.39 is 0 Å². The van der Waals surface area contributed by atoms with Gasteiger partial charge in [-0.05, 0) is 12.1 Å². The first-order valence-corrected chi connectivity index (χ1v) is 4.46. The highest BCUT2D eigenvalue weighted by Crippen LogP contribution is 2.02. The molecule has 0 saturated heterocycles. The van der Waals surface area contributed by atoms with E-state index in [4.69, 9.17) is 0 Å². The zero-order chi connectivity index (χ0) is 9.64. The molecule has 0 amide bonds. The lowest BCUT2D eigenvalue weighted by Gasteiger charge is -1.88. The molecule has 2 rings (SSSR count). The predicted octanol–water partition coefficient (Wildman–Crippen LogP) is 2.75. The van der Waals surface area contributed by atoms with E-state index in [9.17, 15) is 0 Å². The van der Waals surface area contributed by atoms with Crippen LogP contribution in [-0.4, -0.2) is 9.97 Å². The van der Waals surface area contributed by atoms with E-state index in [1.54, 1.807) is 12.4 Å². The summed E-state index contributed by atoms with van der Waals surface area (Å²) in [5, 5.41) is 0. The lowest BCUT2D eigenvalue weighted by molar-refractivity contribution is 1.30. The molecule has 1 heterocycles. The first-order chi connectivity index (χ1) is 6.97. The van der Waals surface area contributed by atoms with Crippen LogP contribution in [0.25, 0.3) is 11.0 Å². The average Bonchev–Trinajstić information content (AvgIpc) is 2.25. The molecule has 0 aliphatic carbocycles. The molecule has 0 aliphatic rings. The number of fused-ring (bicyclic) bond motifs is 1. The van der Waals surface area contributed by atoms with Crippen molar-refractivity contribution in [3.8, 4) is 0 Å². The van der Waals surface area contributed by atoms with Crippen LogP contribution in [0.5, 0.6) is 0 Å². The Hall–Kier alpha value is -1.96. The molecular formula is C12H10N2. The van der Waals surface area contributed by atoms with Gasteiger partial charge in [0, 0.05) is 12.4 Å². The van der Waals surface area contributed by atoms with Gasteiger partial charge < -0.3 is 0 Å². The maximum absolute atomic E-state index is 4.23. The lowest BCUT2D eigenvalue weighted by atomic mass is 10.3. The Morgan fingerprint density at radius 3 is 1.50 bits per heavy atom. The van der Waals surface area contributed by atoms with Gasteiger partial charge in [-0.25, -0.2) is 0 Å². The highest BCUT2D eigenvalue weighted by molar-refractivity contribution is 5.71. The molecule has 0 spiro atoms. The summed E-state index contributed by atoms with van der Waals surface area (Å²) in [4.78, 5) is 8.47. The summed E-state index contributed by atoms with van der Waals surface area (Å²) in [6.07, 6.45) is 3.39. The number of hydrogen-bond donors (Lipinski definition) is 0. The molecule has 2 heteroatoms. The lowest BCUT2D eigenvalue weighted by Crippen LogP contribution is -1.77. The fourth-order valence-corrected chi connectivity index (χ4v) is 1.17. The zero-order valence-corrected chi connectivity index (χ0v) is 7.67. The molecule has 2 nitrogen and oxygen atoms in total. The highest BCUT2D eigenvalue weighted by Gasteiger charge is 1.86. The minimum Gasteiger partial charge on any atom is -0.253 e. The smallest absolute Gasteiger partial charge is 0.0886 e. The minimum atomic E-state index is 0.892. The topological polar surface area (TPSA) is 25.8 Å². The SMILES string of the molecule is c1ccccc2nccnc2ccc1. The van der Waals surface area contributed by atoms with Crippen LogP contribution in [0, 0.1) is 0 Å². The number of hydrogen-bond acceptors (Lipinski definition) is 2. The summed E-state index contributed by atoms with van der Waals surface area (Å²) in [6.45, 7) is 0. The summed E-state index contributed by atoms with van der Waals surface area (Å²) in [7, 11) is 0. The molecule has 0 saturated carbocycles. The summed E-state index contributed by atoms with van der Waals surface area (Å²) >= 11 is 0. The highest BCUT2D eigenvalue weighted by atomic mass is 14.8. The Kier molecular flexibility index (Phi) is 2.67. The monoisotopic (exact) mass is 182 g/mol.